The fourth-order valence-corrected chi connectivity index (χ4v) is 10.1. The molecule has 4 heterocycles. The molecule has 0 amide bonds. The van der Waals surface area contributed by atoms with E-state index in [2.05, 4.69) is 126 Å². The van der Waals surface area contributed by atoms with Gasteiger partial charge in [0.25, 0.3) is 0 Å². The Balaban J connectivity index is 1.12. The molecule has 238 valence electrons. The van der Waals surface area contributed by atoms with E-state index in [0.717, 1.165) is 16.7 Å². The molecule has 0 saturated carbocycles. The molecule has 11 aromatic rings. The molecule has 51 heavy (non-hydrogen) atoms. The molecule has 11 rings (SSSR count). The van der Waals surface area contributed by atoms with Gasteiger partial charge in [-0.2, -0.15) is 0 Å². The van der Waals surface area contributed by atoms with Gasteiger partial charge in [0, 0.05) is 73.5 Å². The van der Waals surface area contributed by atoms with Crippen LogP contribution in [0.25, 0.3) is 102 Å². The SMILES string of the molecule is c1ccc(-c2nc(-c3ccccc3)nc(-c3cccc4c3sc3ccc5c6cc(-n7c8ccccc8c8ccccc87)ccc6sc5c34)n2)cc1. The van der Waals surface area contributed by atoms with Gasteiger partial charge in [0.05, 0.1) is 11.0 Å². The van der Waals surface area contributed by atoms with E-state index >= 15 is 0 Å². The average molecular weight is 687 g/mol. The first-order chi connectivity index (χ1) is 25.3. The Hall–Kier alpha value is -6.21. The van der Waals surface area contributed by atoms with Gasteiger partial charge in [0.2, 0.25) is 0 Å². The lowest BCUT2D eigenvalue weighted by Crippen LogP contribution is -2.00. The predicted molar refractivity (Wildman–Crippen MR) is 216 cm³/mol. The smallest absolute Gasteiger partial charge is 0.165 e. The first kappa shape index (κ1) is 28.6. The summed E-state index contributed by atoms with van der Waals surface area (Å²) in [7, 11) is 0. The normalized spacial score (nSPS) is 11.9. The highest BCUT2D eigenvalue weighted by molar-refractivity contribution is 7.30. The lowest BCUT2D eigenvalue weighted by atomic mass is 10.1. The van der Waals surface area contributed by atoms with Gasteiger partial charge in [-0.1, -0.05) is 115 Å². The molecule has 7 aromatic carbocycles. The summed E-state index contributed by atoms with van der Waals surface area (Å²) in [6.07, 6.45) is 0. The second kappa shape index (κ2) is 11.2. The van der Waals surface area contributed by atoms with Crippen molar-refractivity contribution in [2.45, 2.75) is 0 Å². The third-order valence-corrected chi connectivity index (χ3v) is 12.3. The number of rotatable bonds is 4. The van der Waals surface area contributed by atoms with E-state index in [0.29, 0.717) is 17.5 Å². The third kappa shape index (κ3) is 4.40. The third-order valence-electron chi connectivity index (χ3n) is 9.86. The summed E-state index contributed by atoms with van der Waals surface area (Å²) in [6.45, 7) is 0. The van der Waals surface area contributed by atoms with Crippen molar-refractivity contribution in [3.8, 4) is 39.9 Å². The molecule has 4 nitrogen and oxygen atoms in total. The van der Waals surface area contributed by atoms with E-state index in [9.17, 15) is 0 Å². The summed E-state index contributed by atoms with van der Waals surface area (Å²) in [4.78, 5) is 15.1. The van der Waals surface area contributed by atoms with Gasteiger partial charge >= 0.3 is 0 Å². The summed E-state index contributed by atoms with van der Waals surface area (Å²) < 4.78 is 7.46. The Bertz CT molecular complexity index is 3030. The molecule has 0 spiro atoms. The Kier molecular flexibility index (Phi) is 6.26. The summed E-state index contributed by atoms with van der Waals surface area (Å²) >= 11 is 3.70. The number of nitrogens with zero attached hydrogens (tertiary/aromatic N) is 4. The summed E-state index contributed by atoms with van der Waals surface area (Å²) in [5.74, 6) is 2.02. The van der Waals surface area contributed by atoms with Crippen LogP contribution in [0.4, 0.5) is 0 Å². The monoisotopic (exact) mass is 686 g/mol. The van der Waals surface area contributed by atoms with Crippen molar-refractivity contribution in [1.82, 2.24) is 19.5 Å². The van der Waals surface area contributed by atoms with Gasteiger partial charge in [-0.15, -0.1) is 22.7 Å². The molecule has 6 heteroatoms. The maximum atomic E-state index is 5.08. The molecule has 0 bridgehead atoms. The van der Waals surface area contributed by atoms with Gasteiger partial charge in [-0.25, -0.2) is 15.0 Å². The van der Waals surface area contributed by atoms with Gasteiger partial charge in [-0.3, -0.25) is 0 Å². The quantitative estimate of drug-likeness (QED) is 0.185. The fraction of sp³-hybridized carbons (Fsp3) is 0. The number of benzene rings is 7. The lowest BCUT2D eigenvalue weighted by molar-refractivity contribution is 1.08. The van der Waals surface area contributed by atoms with Gasteiger partial charge in [-0.05, 0) is 42.5 Å². The van der Waals surface area contributed by atoms with Crippen molar-refractivity contribution in [2.75, 3.05) is 0 Å². The second-order valence-electron chi connectivity index (χ2n) is 12.8. The van der Waals surface area contributed by atoms with Crippen LogP contribution < -0.4 is 0 Å². The molecule has 0 aliphatic carbocycles. The van der Waals surface area contributed by atoms with Crippen molar-refractivity contribution < 1.29 is 0 Å². The van der Waals surface area contributed by atoms with Crippen molar-refractivity contribution in [1.29, 1.82) is 0 Å². The van der Waals surface area contributed by atoms with Crippen LogP contribution in [-0.4, -0.2) is 19.5 Å². The van der Waals surface area contributed by atoms with Crippen LogP contribution in [0, 0.1) is 0 Å². The number of hydrogen-bond donors (Lipinski definition) is 0. The molecule has 0 radical (unpaired) electrons. The van der Waals surface area contributed by atoms with E-state index < -0.39 is 0 Å². The maximum absolute atomic E-state index is 5.08. The number of thiophene rings is 2. The highest BCUT2D eigenvalue weighted by atomic mass is 32.1. The molecule has 0 aliphatic rings. The van der Waals surface area contributed by atoms with Crippen LogP contribution in [0.5, 0.6) is 0 Å². The standard InChI is InChI=1S/C45H26N4S2/c1-3-12-27(13-4-1)43-46-44(28-14-5-2-6-15-28)48-45(47-43)34-19-11-18-33-40-39(51-41(33)34)25-23-32-35-26-29(22-24-38(35)50-42(32)40)49-36-20-9-7-16-30(36)31-17-8-10-21-37(31)49/h1-26H. The zero-order chi connectivity index (χ0) is 33.5. The van der Waals surface area contributed by atoms with Crippen LogP contribution in [0.1, 0.15) is 0 Å². The largest absolute Gasteiger partial charge is 0.309 e. The Morgan fingerprint density at radius 3 is 1.65 bits per heavy atom. The minimum absolute atomic E-state index is 0.670. The van der Waals surface area contributed by atoms with Crippen molar-refractivity contribution >= 4 is 84.8 Å². The van der Waals surface area contributed by atoms with Gasteiger partial charge in [0.15, 0.2) is 17.5 Å². The highest BCUT2D eigenvalue weighted by Gasteiger charge is 2.20. The minimum atomic E-state index is 0.670. The molecule has 0 atom stereocenters. The Labute approximate surface area is 300 Å². The van der Waals surface area contributed by atoms with E-state index in [1.165, 1.54) is 67.8 Å². The van der Waals surface area contributed by atoms with Crippen LogP contribution >= 0.6 is 22.7 Å². The van der Waals surface area contributed by atoms with E-state index in [-0.39, 0.29) is 0 Å². The molecule has 0 unspecified atom stereocenters. The summed E-state index contributed by atoms with van der Waals surface area (Å²) in [5, 5.41) is 7.65. The summed E-state index contributed by atoms with van der Waals surface area (Å²) in [6, 6.07) is 55.8. The number of fused-ring (bicyclic) bond motifs is 10. The van der Waals surface area contributed by atoms with Crippen LogP contribution in [0.3, 0.4) is 0 Å². The molecular weight excluding hydrogens is 661 g/mol. The first-order valence-electron chi connectivity index (χ1n) is 16.9. The molecule has 0 saturated heterocycles. The summed E-state index contributed by atoms with van der Waals surface area (Å²) in [5.41, 5.74) is 6.58. The Morgan fingerprint density at radius 1 is 0.392 bits per heavy atom. The zero-order valence-electron chi connectivity index (χ0n) is 27.1. The second-order valence-corrected chi connectivity index (χ2v) is 14.9. The Morgan fingerprint density at radius 2 is 0.961 bits per heavy atom. The fourth-order valence-electron chi connectivity index (χ4n) is 7.55. The lowest BCUT2D eigenvalue weighted by Gasteiger charge is -2.09. The highest BCUT2D eigenvalue weighted by Crippen LogP contribution is 2.47. The van der Waals surface area contributed by atoms with E-state index in [1.807, 2.05) is 59.1 Å². The van der Waals surface area contributed by atoms with Gasteiger partial charge < -0.3 is 4.57 Å². The molecule has 0 fully saturated rings. The van der Waals surface area contributed by atoms with Crippen molar-refractivity contribution in [2.24, 2.45) is 0 Å². The van der Waals surface area contributed by atoms with E-state index in [4.69, 9.17) is 15.0 Å². The minimum Gasteiger partial charge on any atom is -0.309 e. The molecular formula is C45H26N4S2. The average Bonchev–Trinajstić information content (AvgIpc) is 3.87. The molecule has 4 aromatic heterocycles. The van der Waals surface area contributed by atoms with Crippen molar-refractivity contribution in [3.63, 3.8) is 0 Å². The first-order valence-corrected chi connectivity index (χ1v) is 18.6. The van der Waals surface area contributed by atoms with Crippen LogP contribution in [-0.2, 0) is 0 Å². The van der Waals surface area contributed by atoms with Gasteiger partial charge in [0.1, 0.15) is 0 Å². The zero-order valence-corrected chi connectivity index (χ0v) is 28.7. The number of aromatic nitrogens is 4. The van der Waals surface area contributed by atoms with Crippen LogP contribution in [0.15, 0.2) is 158 Å². The van der Waals surface area contributed by atoms with Crippen LogP contribution in [0.2, 0.25) is 0 Å². The van der Waals surface area contributed by atoms with Crippen molar-refractivity contribution in [3.05, 3.63) is 158 Å². The number of hydrogen-bond acceptors (Lipinski definition) is 5. The molecule has 0 aliphatic heterocycles. The predicted octanol–water partition coefficient (Wildman–Crippen LogP) is 12.7. The maximum Gasteiger partial charge on any atom is 0.165 e. The van der Waals surface area contributed by atoms with E-state index in [1.54, 1.807) is 0 Å². The topological polar surface area (TPSA) is 43.6 Å². The number of para-hydroxylation sites is 2. The molecule has 0 N–H and O–H groups in total.